The molecule has 0 saturated carbocycles. The number of nitrogens with zero attached hydrogens (tertiary/aromatic N) is 1. The van der Waals surface area contributed by atoms with Gasteiger partial charge < -0.3 is 0 Å². The number of carbonyl (C=O) groups excluding carboxylic acids is 1. The number of rotatable bonds is 5. The van der Waals surface area contributed by atoms with Crippen molar-refractivity contribution in [1.29, 1.82) is 0 Å². The van der Waals surface area contributed by atoms with Crippen LogP contribution in [0.4, 0.5) is 0 Å². The van der Waals surface area contributed by atoms with Gasteiger partial charge in [-0.15, -0.1) is 0 Å². The fourth-order valence-electron chi connectivity index (χ4n) is 0.797. The summed E-state index contributed by atoms with van der Waals surface area (Å²) in [5, 5.41) is 1.36. The van der Waals surface area contributed by atoms with Crippen molar-refractivity contribution in [2.45, 2.75) is 27.2 Å². The third kappa shape index (κ3) is 3.53. The van der Waals surface area contributed by atoms with E-state index in [0.717, 1.165) is 6.42 Å². The minimum Gasteiger partial charge on any atom is -0.271 e. The van der Waals surface area contributed by atoms with Crippen LogP contribution in [0.5, 0.6) is 0 Å². The number of carbonyl (C=O) groups is 1. The van der Waals surface area contributed by atoms with Crippen LogP contribution in [-0.4, -0.2) is 24.1 Å². The van der Waals surface area contributed by atoms with Crippen LogP contribution in [0.2, 0.25) is 0 Å². The lowest BCUT2D eigenvalue weighted by atomic mass is 10.3. The largest absolute Gasteiger partial charge is 0.272 e. The van der Waals surface area contributed by atoms with Crippen molar-refractivity contribution in [2.75, 3.05) is 13.2 Å². The Kier molecular flexibility index (Phi) is 5.37. The Balaban J connectivity index is 4.08. The maximum Gasteiger partial charge on any atom is 0.272 e. The monoisotopic (exact) mass is 171 g/mol. The Morgan fingerprint density at radius 1 is 1.50 bits per heavy atom. The highest BCUT2D eigenvalue weighted by Gasteiger charge is 2.12. The lowest BCUT2D eigenvalue weighted by Crippen LogP contribution is -2.32. The van der Waals surface area contributed by atoms with Gasteiger partial charge in [0.05, 0.1) is 6.61 Å². The summed E-state index contributed by atoms with van der Waals surface area (Å²) >= 11 is 0. The van der Waals surface area contributed by atoms with Gasteiger partial charge in [0.25, 0.3) is 5.91 Å². The molecule has 0 aliphatic carbocycles. The SMILES string of the molecule is C=C(C)C(=O)N(CCC)OCC. The number of hydrogen-bond acceptors (Lipinski definition) is 2. The third-order valence-electron chi connectivity index (χ3n) is 1.30. The highest BCUT2D eigenvalue weighted by Crippen LogP contribution is 2.00. The van der Waals surface area contributed by atoms with Crippen LogP contribution in [0.1, 0.15) is 27.2 Å². The summed E-state index contributed by atoms with van der Waals surface area (Å²) in [7, 11) is 0. The minimum absolute atomic E-state index is 0.126. The normalized spacial score (nSPS) is 9.58. The van der Waals surface area contributed by atoms with Gasteiger partial charge in [-0.25, -0.2) is 5.06 Å². The van der Waals surface area contributed by atoms with Crippen LogP contribution in [0.25, 0.3) is 0 Å². The summed E-state index contributed by atoms with van der Waals surface area (Å²) in [5.74, 6) is -0.126. The van der Waals surface area contributed by atoms with Crippen molar-refractivity contribution in [3.8, 4) is 0 Å². The zero-order valence-electron chi connectivity index (χ0n) is 8.09. The first kappa shape index (κ1) is 11.2. The molecule has 0 aromatic heterocycles. The Bertz CT molecular complexity index is 160. The van der Waals surface area contributed by atoms with E-state index in [4.69, 9.17) is 4.84 Å². The summed E-state index contributed by atoms with van der Waals surface area (Å²) in [4.78, 5) is 16.5. The molecule has 0 saturated heterocycles. The summed E-state index contributed by atoms with van der Waals surface area (Å²) in [6.07, 6.45) is 0.888. The van der Waals surface area contributed by atoms with Gasteiger partial charge in [0.2, 0.25) is 0 Å². The maximum atomic E-state index is 11.3. The van der Waals surface area contributed by atoms with E-state index in [0.29, 0.717) is 18.7 Å². The van der Waals surface area contributed by atoms with Crippen LogP contribution in [-0.2, 0) is 9.63 Å². The second kappa shape index (κ2) is 5.77. The fraction of sp³-hybridized carbons (Fsp3) is 0.667. The van der Waals surface area contributed by atoms with Gasteiger partial charge in [0.1, 0.15) is 0 Å². The van der Waals surface area contributed by atoms with Gasteiger partial charge in [-0.1, -0.05) is 13.5 Å². The van der Waals surface area contributed by atoms with Gasteiger partial charge in [0, 0.05) is 12.1 Å². The van der Waals surface area contributed by atoms with Crippen LogP contribution in [0.3, 0.4) is 0 Å². The smallest absolute Gasteiger partial charge is 0.271 e. The van der Waals surface area contributed by atoms with Crippen molar-refractivity contribution in [3.05, 3.63) is 12.2 Å². The lowest BCUT2D eigenvalue weighted by molar-refractivity contribution is -0.180. The molecule has 0 aromatic carbocycles. The molecule has 0 rings (SSSR count). The van der Waals surface area contributed by atoms with Gasteiger partial charge in [-0.2, -0.15) is 0 Å². The van der Waals surface area contributed by atoms with Crippen molar-refractivity contribution < 1.29 is 9.63 Å². The maximum absolute atomic E-state index is 11.3. The molecule has 0 unspecified atom stereocenters. The first-order valence-corrected chi connectivity index (χ1v) is 4.23. The Labute approximate surface area is 74.0 Å². The van der Waals surface area contributed by atoms with E-state index >= 15 is 0 Å². The summed E-state index contributed by atoms with van der Waals surface area (Å²) in [6, 6.07) is 0. The molecule has 0 fully saturated rings. The Morgan fingerprint density at radius 3 is 2.42 bits per heavy atom. The predicted octanol–water partition coefficient (Wildman–Crippen LogP) is 1.75. The standard InChI is InChI=1S/C9H17NO2/c1-5-7-10(12-6-2)9(11)8(3)4/h3,5-7H2,1-2,4H3. The van der Waals surface area contributed by atoms with E-state index in [1.165, 1.54) is 5.06 Å². The first-order valence-electron chi connectivity index (χ1n) is 4.23. The van der Waals surface area contributed by atoms with Crippen molar-refractivity contribution in [1.82, 2.24) is 5.06 Å². The van der Waals surface area contributed by atoms with E-state index < -0.39 is 0 Å². The lowest BCUT2D eigenvalue weighted by Gasteiger charge is -2.20. The van der Waals surface area contributed by atoms with E-state index in [1.54, 1.807) is 6.92 Å². The molecular formula is C9H17NO2. The molecule has 3 heteroatoms. The molecule has 12 heavy (non-hydrogen) atoms. The van der Waals surface area contributed by atoms with E-state index in [1.807, 2.05) is 13.8 Å². The van der Waals surface area contributed by atoms with E-state index in [-0.39, 0.29) is 5.91 Å². The summed E-state index contributed by atoms with van der Waals surface area (Å²) < 4.78 is 0. The predicted molar refractivity (Wildman–Crippen MR) is 48.4 cm³/mol. The van der Waals surface area contributed by atoms with Crippen LogP contribution >= 0.6 is 0 Å². The zero-order valence-corrected chi connectivity index (χ0v) is 8.09. The fourth-order valence-corrected chi connectivity index (χ4v) is 0.797. The molecule has 0 N–H and O–H groups in total. The number of hydroxylamine groups is 2. The molecule has 0 spiro atoms. The molecule has 70 valence electrons. The molecule has 0 radical (unpaired) electrons. The Morgan fingerprint density at radius 2 is 2.08 bits per heavy atom. The van der Waals surface area contributed by atoms with Crippen molar-refractivity contribution in [3.63, 3.8) is 0 Å². The molecule has 0 bridgehead atoms. The van der Waals surface area contributed by atoms with Gasteiger partial charge in [-0.05, 0) is 20.3 Å². The van der Waals surface area contributed by atoms with Gasteiger partial charge in [0.15, 0.2) is 0 Å². The summed E-state index contributed by atoms with van der Waals surface area (Å²) in [5.41, 5.74) is 0.511. The highest BCUT2D eigenvalue weighted by atomic mass is 16.7. The van der Waals surface area contributed by atoms with Crippen molar-refractivity contribution in [2.24, 2.45) is 0 Å². The van der Waals surface area contributed by atoms with Crippen LogP contribution in [0, 0.1) is 0 Å². The molecule has 0 aliphatic heterocycles. The number of hydrogen-bond donors (Lipinski definition) is 0. The summed E-state index contributed by atoms with van der Waals surface area (Å²) in [6.45, 7) is 10.2. The van der Waals surface area contributed by atoms with E-state index in [9.17, 15) is 4.79 Å². The van der Waals surface area contributed by atoms with Crippen LogP contribution < -0.4 is 0 Å². The molecular weight excluding hydrogens is 154 g/mol. The topological polar surface area (TPSA) is 29.5 Å². The molecule has 0 atom stereocenters. The van der Waals surface area contributed by atoms with Crippen molar-refractivity contribution >= 4 is 5.91 Å². The molecule has 3 nitrogen and oxygen atoms in total. The highest BCUT2D eigenvalue weighted by molar-refractivity contribution is 5.91. The zero-order chi connectivity index (χ0) is 9.56. The molecule has 0 aromatic rings. The molecule has 0 heterocycles. The van der Waals surface area contributed by atoms with Gasteiger partial charge in [-0.3, -0.25) is 9.63 Å². The first-order chi connectivity index (χ1) is 5.63. The molecule has 0 aliphatic rings. The Hall–Kier alpha value is -0.830. The average molecular weight is 171 g/mol. The minimum atomic E-state index is -0.126. The molecule has 1 amide bonds. The third-order valence-corrected chi connectivity index (χ3v) is 1.30. The quantitative estimate of drug-likeness (QED) is 0.466. The second-order valence-electron chi connectivity index (χ2n) is 2.61. The van der Waals surface area contributed by atoms with Crippen LogP contribution in [0.15, 0.2) is 12.2 Å². The number of amides is 1. The van der Waals surface area contributed by atoms with E-state index in [2.05, 4.69) is 6.58 Å². The average Bonchev–Trinajstić information content (AvgIpc) is 2.03. The van der Waals surface area contributed by atoms with Gasteiger partial charge >= 0.3 is 0 Å². The second-order valence-corrected chi connectivity index (χ2v) is 2.61.